The molecule has 0 radical (unpaired) electrons. The highest BCUT2D eigenvalue weighted by atomic mass is 32.1. The molecule has 0 saturated heterocycles. The predicted molar refractivity (Wildman–Crippen MR) is 262 cm³/mol. The fraction of sp³-hybridized carbons (Fsp3) is 0. The lowest BCUT2D eigenvalue weighted by Gasteiger charge is -2.36. The molecule has 276 valence electrons. The molecule has 3 heteroatoms. The van der Waals surface area contributed by atoms with Crippen LogP contribution in [-0.2, 0) is 0 Å². The fourth-order valence-electron chi connectivity index (χ4n) is 9.95. The molecule has 0 bridgehead atoms. The van der Waals surface area contributed by atoms with Crippen LogP contribution in [0.3, 0.4) is 0 Å². The van der Waals surface area contributed by atoms with Gasteiger partial charge in [0, 0.05) is 51.5 Å². The van der Waals surface area contributed by atoms with E-state index in [0.717, 1.165) is 0 Å². The van der Waals surface area contributed by atoms with Crippen molar-refractivity contribution < 1.29 is 0 Å². The van der Waals surface area contributed by atoms with Gasteiger partial charge in [-0.05, 0) is 65.6 Å². The first-order chi connectivity index (χ1) is 29.3. The molecule has 0 nitrogen and oxygen atoms in total. The molecule has 0 spiro atoms. The summed E-state index contributed by atoms with van der Waals surface area (Å²) in [7, 11) is -3.03. The Hall–Kier alpha value is -6.62. The molecule has 0 N–H and O–H groups in total. The minimum Gasteiger partial charge on any atom is -0.135 e. The van der Waals surface area contributed by atoms with E-state index in [-0.39, 0.29) is 0 Å². The van der Waals surface area contributed by atoms with Crippen molar-refractivity contribution in [2.75, 3.05) is 0 Å². The molecule has 59 heavy (non-hydrogen) atoms. The van der Waals surface area contributed by atoms with Crippen LogP contribution in [0.25, 0.3) is 84.1 Å². The van der Waals surface area contributed by atoms with Gasteiger partial charge in [-0.25, -0.2) is 0 Å². The zero-order valence-electron chi connectivity index (χ0n) is 32.1. The van der Waals surface area contributed by atoms with Crippen LogP contribution in [0.4, 0.5) is 0 Å². The Bertz CT molecular complexity index is 3320. The van der Waals surface area contributed by atoms with Gasteiger partial charge in [0.05, 0.1) is 0 Å². The van der Waals surface area contributed by atoms with E-state index < -0.39 is 8.07 Å². The molecule has 0 amide bonds. The van der Waals surface area contributed by atoms with E-state index in [9.17, 15) is 0 Å². The Morgan fingerprint density at radius 3 is 1.03 bits per heavy atom. The summed E-state index contributed by atoms with van der Waals surface area (Å²) in [4.78, 5) is 0. The summed E-state index contributed by atoms with van der Waals surface area (Å²) >= 11 is 3.81. The molecule has 0 aliphatic rings. The molecule has 0 atom stereocenters. The molecule has 12 rings (SSSR count). The average Bonchev–Trinajstić information content (AvgIpc) is 3.89. The third-order valence-corrected chi connectivity index (χ3v) is 19.8. The topological polar surface area (TPSA) is 0 Å². The molecule has 0 aliphatic carbocycles. The van der Waals surface area contributed by atoms with Crippen molar-refractivity contribution in [2.24, 2.45) is 0 Å². The lowest BCUT2D eigenvalue weighted by atomic mass is 9.96. The standard InChI is InChI=1S/C56H36S2Si/c1-3-17-37(18-4-1)59(38-19-5-2-6-20-38,53-35-33-41(39-21-7-9-25-45(39)53)47-27-15-29-49-43-23-11-13-31-51(43)57-55(47)49)54-36-34-42(40-22-8-10-26-46(40)54)48-28-16-30-50-44-24-12-14-32-52(44)58-56(48)50/h1-36H. The number of rotatable bonds is 6. The van der Waals surface area contributed by atoms with Crippen LogP contribution < -0.4 is 20.7 Å². The van der Waals surface area contributed by atoms with Gasteiger partial charge in [-0.15, -0.1) is 22.7 Å². The summed E-state index contributed by atoms with van der Waals surface area (Å²) in [6.45, 7) is 0. The van der Waals surface area contributed by atoms with Crippen LogP contribution in [0.5, 0.6) is 0 Å². The van der Waals surface area contributed by atoms with Gasteiger partial charge < -0.3 is 0 Å². The van der Waals surface area contributed by atoms with Crippen molar-refractivity contribution >= 4 is 113 Å². The maximum Gasteiger partial charge on any atom is 0.180 e. The Labute approximate surface area is 351 Å². The van der Waals surface area contributed by atoms with Gasteiger partial charge in [-0.2, -0.15) is 0 Å². The summed E-state index contributed by atoms with van der Waals surface area (Å²) in [6.07, 6.45) is 0. The molecule has 10 aromatic carbocycles. The van der Waals surface area contributed by atoms with Crippen molar-refractivity contribution in [1.29, 1.82) is 0 Å². The normalized spacial score (nSPS) is 12.1. The van der Waals surface area contributed by atoms with Crippen LogP contribution in [0.15, 0.2) is 218 Å². The van der Waals surface area contributed by atoms with E-state index in [0.29, 0.717) is 0 Å². The number of benzene rings is 10. The zero-order chi connectivity index (χ0) is 38.9. The highest BCUT2D eigenvalue weighted by molar-refractivity contribution is 7.27. The molecular formula is C56H36S2Si. The largest absolute Gasteiger partial charge is 0.180 e. The van der Waals surface area contributed by atoms with Crippen LogP contribution in [0, 0.1) is 0 Å². The Kier molecular flexibility index (Phi) is 8.02. The third-order valence-electron chi connectivity index (χ3n) is 12.5. The van der Waals surface area contributed by atoms with Gasteiger partial charge in [0.1, 0.15) is 0 Å². The second-order valence-corrected chi connectivity index (χ2v) is 21.3. The Morgan fingerprint density at radius 2 is 0.593 bits per heavy atom. The maximum atomic E-state index is 2.50. The summed E-state index contributed by atoms with van der Waals surface area (Å²) < 4.78 is 5.34. The summed E-state index contributed by atoms with van der Waals surface area (Å²) in [5.41, 5.74) is 5.15. The zero-order valence-corrected chi connectivity index (χ0v) is 34.7. The molecule has 0 fully saturated rings. The van der Waals surface area contributed by atoms with Gasteiger partial charge in [0.2, 0.25) is 0 Å². The summed E-state index contributed by atoms with van der Waals surface area (Å²) in [5.74, 6) is 0. The molecule has 2 aromatic heterocycles. The van der Waals surface area contributed by atoms with Gasteiger partial charge >= 0.3 is 0 Å². The number of thiophene rings is 2. The van der Waals surface area contributed by atoms with E-state index in [1.54, 1.807) is 0 Å². The van der Waals surface area contributed by atoms with Crippen LogP contribution >= 0.6 is 22.7 Å². The van der Waals surface area contributed by atoms with E-state index in [2.05, 4.69) is 218 Å². The summed E-state index contributed by atoms with van der Waals surface area (Å²) in [6, 6.07) is 82.4. The minimum absolute atomic E-state index is 1.28. The SMILES string of the molecule is c1ccc([Si](c2ccccc2)(c2ccc(-c3cccc4c3sc3ccccc34)c3ccccc23)c2ccc(-c3cccc4c3sc3ccccc34)c3ccccc23)cc1. The van der Waals surface area contributed by atoms with Gasteiger partial charge in [-0.3, -0.25) is 0 Å². The maximum absolute atomic E-state index is 3.03. The van der Waals surface area contributed by atoms with E-state index in [4.69, 9.17) is 0 Å². The predicted octanol–water partition coefficient (Wildman–Crippen LogP) is 13.4. The van der Waals surface area contributed by atoms with E-state index in [1.807, 2.05) is 22.7 Å². The van der Waals surface area contributed by atoms with Crippen molar-refractivity contribution in [3.63, 3.8) is 0 Å². The second-order valence-electron chi connectivity index (χ2n) is 15.5. The Morgan fingerprint density at radius 1 is 0.237 bits per heavy atom. The monoisotopic (exact) mass is 800 g/mol. The van der Waals surface area contributed by atoms with Crippen LogP contribution in [0.1, 0.15) is 0 Å². The lowest BCUT2D eigenvalue weighted by molar-refractivity contribution is 1.67. The Balaban J connectivity index is 1.18. The molecule has 12 aromatic rings. The van der Waals surface area contributed by atoms with Crippen molar-refractivity contribution in [3.8, 4) is 22.3 Å². The van der Waals surface area contributed by atoms with Crippen molar-refractivity contribution in [2.45, 2.75) is 0 Å². The van der Waals surface area contributed by atoms with Crippen LogP contribution in [0.2, 0.25) is 0 Å². The third kappa shape index (κ3) is 5.19. The highest BCUT2D eigenvalue weighted by Crippen LogP contribution is 2.43. The number of hydrogen-bond donors (Lipinski definition) is 0. The first-order valence-electron chi connectivity index (χ1n) is 20.3. The van der Waals surface area contributed by atoms with Crippen LogP contribution in [-0.4, -0.2) is 8.07 Å². The highest BCUT2D eigenvalue weighted by Gasteiger charge is 2.44. The molecule has 0 unspecified atom stereocenters. The first-order valence-corrected chi connectivity index (χ1v) is 23.9. The van der Waals surface area contributed by atoms with E-state index >= 15 is 0 Å². The van der Waals surface area contributed by atoms with Gasteiger partial charge in [0.25, 0.3) is 0 Å². The lowest BCUT2D eigenvalue weighted by Crippen LogP contribution is -2.75. The van der Waals surface area contributed by atoms with Gasteiger partial charge in [-0.1, -0.05) is 206 Å². The summed E-state index contributed by atoms with van der Waals surface area (Å²) in [5, 5.41) is 16.1. The molecular weight excluding hydrogens is 765 g/mol. The minimum atomic E-state index is -3.03. The van der Waals surface area contributed by atoms with E-state index in [1.165, 1.54) is 105 Å². The number of fused-ring (bicyclic) bond motifs is 8. The van der Waals surface area contributed by atoms with Crippen molar-refractivity contribution in [3.05, 3.63) is 218 Å². The molecule has 0 aliphatic heterocycles. The molecule has 2 heterocycles. The second kappa shape index (κ2) is 13.8. The quantitative estimate of drug-likeness (QED) is 0.116. The van der Waals surface area contributed by atoms with Crippen molar-refractivity contribution in [1.82, 2.24) is 0 Å². The van der Waals surface area contributed by atoms with Gasteiger partial charge in [0.15, 0.2) is 8.07 Å². The molecule has 0 saturated carbocycles. The first kappa shape index (κ1) is 34.4. The average molecular weight is 801 g/mol. The number of hydrogen-bond acceptors (Lipinski definition) is 2. The smallest absolute Gasteiger partial charge is 0.135 e. The fourth-order valence-corrected chi connectivity index (χ4v) is 17.6.